The first-order valence-corrected chi connectivity index (χ1v) is 7.05. The monoisotopic (exact) mass is 264 g/mol. The van der Waals surface area contributed by atoms with Gasteiger partial charge in [0.2, 0.25) is 0 Å². The zero-order valence-electron chi connectivity index (χ0n) is 11.7. The molecule has 0 aromatic heterocycles. The fourth-order valence-corrected chi connectivity index (χ4v) is 2.42. The lowest BCUT2D eigenvalue weighted by Crippen LogP contribution is -2.04. The van der Waals surface area contributed by atoms with Crippen molar-refractivity contribution in [2.75, 3.05) is 0 Å². The number of benzene rings is 2. The Morgan fingerprint density at radius 2 is 1.60 bits per heavy atom. The number of carbonyl (C=O) groups excluding carboxylic acids is 1. The Bertz CT molecular complexity index is 542. The van der Waals surface area contributed by atoms with Gasteiger partial charge in [-0.3, -0.25) is 4.79 Å². The van der Waals surface area contributed by atoms with Crippen LogP contribution in [0.25, 0.3) is 0 Å². The molecule has 2 aromatic carbocycles. The molecule has 0 heterocycles. The summed E-state index contributed by atoms with van der Waals surface area (Å²) < 4.78 is 0. The molecule has 1 atom stereocenters. The summed E-state index contributed by atoms with van der Waals surface area (Å²) in [5.74, 6) is 0.594. The van der Waals surface area contributed by atoms with E-state index >= 15 is 0 Å². The second-order valence-corrected chi connectivity index (χ2v) is 4.96. The highest BCUT2D eigenvalue weighted by Gasteiger charge is 2.13. The van der Waals surface area contributed by atoms with Gasteiger partial charge in [0, 0.05) is 12.0 Å². The van der Waals surface area contributed by atoms with Crippen LogP contribution in [0.15, 0.2) is 73.3 Å². The number of carbonyl (C=O) groups is 1. The maximum atomic E-state index is 12.2. The van der Waals surface area contributed by atoms with Crippen LogP contribution in [-0.2, 0) is 0 Å². The number of hydrogen-bond donors (Lipinski definition) is 0. The Balaban J connectivity index is 1.99. The van der Waals surface area contributed by atoms with Crippen molar-refractivity contribution in [1.82, 2.24) is 0 Å². The number of rotatable bonds is 7. The van der Waals surface area contributed by atoms with E-state index in [0.29, 0.717) is 12.3 Å². The third-order valence-electron chi connectivity index (χ3n) is 3.54. The zero-order chi connectivity index (χ0) is 14.2. The van der Waals surface area contributed by atoms with Crippen molar-refractivity contribution in [1.29, 1.82) is 0 Å². The molecule has 20 heavy (non-hydrogen) atoms. The highest BCUT2D eigenvalue weighted by atomic mass is 16.1. The van der Waals surface area contributed by atoms with Crippen molar-refractivity contribution in [3.63, 3.8) is 0 Å². The standard InChI is InChI=1S/C19H20O/c1-2-9-16(17-10-5-3-6-11-17)14-15-19(20)18-12-7-4-8-13-18/h2-8,10-13,16H,1,9,14-15H2/t16-/m1/s1. The van der Waals surface area contributed by atoms with E-state index in [4.69, 9.17) is 0 Å². The molecule has 0 spiro atoms. The molecule has 0 radical (unpaired) electrons. The lowest BCUT2D eigenvalue weighted by atomic mass is 9.89. The molecular weight excluding hydrogens is 244 g/mol. The van der Waals surface area contributed by atoms with Crippen molar-refractivity contribution in [2.45, 2.75) is 25.2 Å². The minimum Gasteiger partial charge on any atom is -0.294 e. The summed E-state index contributed by atoms with van der Waals surface area (Å²) in [7, 11) is 0. The van der Waals surface area contributed by atoms with Gasteiger partial charge >= 0.3 is 0 Å². The Hall–Kier alpha value is -2.15. The summed E-state index contributed by atoms with van der Waals surface area (Å²) in [6.07, 6.45) is 4.29. The first-order valence-electron chi connectivity index (χ1n) is 7.05. The average molecular weight is 264 g/mol. The van der Waals surface area contributed by atoms with E-state index in [2.05, 4.69) is 18.7 Å². The lowest BCUT2D eigenvalue weighted by molar-refractivity contribution is 0.0977. The van der Waals surface area contributed by atoms with Crippen LogP contribution in [0.1, 0.15) is 41.1 Å². The third kappa shape index (κ3) is 3.92. The van der Waals surface area contributed by atoms with E-state index in [9.17, 15) is 4.79 Å². The lowest BCUT2D eigenvalue weighted by Gasteiger charge is -2.15. The number of allylic oxidation sites excluding steroid dienone is 1. The van der Waals surface area contributed by atoms with Crippen molar-refractivity contribution >= 4 is 5.78 Å². The van der Waals surface area contributed by atoms with Crippen LogP contribution in [0.2, 0.25) is 0 Å². The SMILES string of the molecule is C=CC[C@H](CCC(=O)c1ccccc1)c1ccccc1. The van der Waals surface area contributed by atoms with Crippen LogP contribution in [-0.4, -0.2) is 5.78 Å². The molecule has 0 aliphatic heterocycles. The second-order valence-electron chi connectivity index (χ2n) is 4.96. The molecule has 102 valence electrons. The average Bonchev–Trinajstić information content (AvgIpc) is 2.53. The van der Waals surface area contributed by atoms with E-state index in [-0.39, 0.29) is 5.78 Å². The van der Waals surface area contributed by atoms with Gasteiger partial charge in [0.25, 0.3) is 0 Å². The zero-order valence-corrected chi connectivity index (χ0v) is 11.7. The topological polar surface area (TPSA) is 17.1 Å². The fraction of sp³-hybridized carbons (Fsp3) is 0.211. The van der Waals surface area contributed by atoms with Crippen LogP contribution in [0.3, 0.4) is 0 Å². The summed E-state index contributed by atoms with van der Waals surface area (Å²) >= 11 is 0. The molecule has 1 heteroatoms. The quantitative estimate of drug-likeness (QED) is 0.507. The Labute approximate surface area is 121 Å². The van der Waals surface area contributed by atoms with Gasteiger partial charge in [0.05, 0.1) is 0 Å². The predicted octanol–water partition coefficient (Wildman–Crippen LogP) is 5.01. The van der Waals surface area contributed by atoms with Crippen molar-refractivity contribution in [3.05, 3.63) is 84.4 Å². The molecule has 0 aliphatic rings. The maximum absolute atomic E-state index is 12.2. The minimum atomic E-state index is 0.218. The summed E-state index contributed by atoms with van der Waals surface area (Å²) in [4.78, 5) is 12.2. The van der Waals surface area contributed by atoms with E-state index in [0.717, 1.165) is 18.4 Å². The Morgan fingerprint density at radius 1 is 1.00 bits per heavy atom. The second kappa shape index (κ2) is 7.44. The summed E-state index contributed by atoms with van der Waals surface area (Å²) in [6.45, 7) is 3.83. The van der Waals surface area contributed by atoms with Crippen LogP contribution in [0.5, 0.6) is 0 Å². The van der Waals surface area contributed by atoms with Crippen LogP contribution >= 0.6 is 0 Å². The molecule has 0 N–H and O–H groups in total. The van der Waals surface area contributed by atoms with Gasteiger partial charge in [-0.15, -0.1) is 6.58 Å². The predicted molar refractivity (Wildman–Crippen MR) is 84.0 cm³/mol. The van der Waals surface area contributed by atoms with Crippen LogP contribution in [0, 0.1) is 0 Å². The summed E-state index contributed by atoms with van der Waals surface area (Å²) in [5.41, 5.74) is 2.09. The first-order chi connectivity index (χ1) is 9.81. The van der Waals surface area contributed by atoms with Gasteiger partial charge in [-0.1, -0.05) is 66.7 Å². The van der Waals surface area contributed by atoms with Gasteiger partial charge in [0.1, 0.15) is 0 Å². The van der Waals surface area contributed by atoms with E-state index in [1.807, 2.05) is 54.6 Å². The molecule has 0 saturated carbocycles. The smallest absolute Gasteiger partial charge is 0.162 e. The fourth-order valence-electron chi connectivity index (χ4n) is 2.42. The summed E-state index contributed by atoms with van der Waals surface area (Å²) in [5, 5.41) is 0. The Kier molecular flexibility index (Phi) is 5.31. The molecule has 0 saturated heterocycles. The molecule has 0 unspecified atom stereocenters. The molecule has 2 rings (SSSR count). The number of Topliss-reactive ketones (excluding diaryl/α,β-unsaturated/α-hetero) is 1. The number of hydrogen-bond acceptors (Lipinski definition) is 1. The maximum Gasteiger partial charge on any atom is 0.162 e. The van der Waals surface area contributed by atoms with Gasteiger partial charge in [-0.05, 0) is 24.3 Å². The van der Waals surface area contributed by atoms with E-state index in [1.54, 1.807) is 0 Å². The van der Waals surface area contributed by atoms with E-state index in [1.165, 1.54) is 5.56 Å². The molecule has 0 bridgehead atoms. The normalized spacial score (nSPS) is 11.8. The van der Waals surface area contributed by atoms with Crippen molar-refractivity contribution in [3.8, 4) is 0 Å². The van der Waals surface area contributed by atoms with Crippen LogP contribution in [0.4, 0.5) is 0 Å². The van der Waals surface area contributed by atoms with Crippen LogP contribution < -0.4 is 0 Å². The Morgan fingerprint density at radius 3 is 2.20 bits per heavy atom. The van der Waals surface area contributed by atoms with Crippen molar-refractivity contribution < 1.29 is 4.79 Å². The third-order valence-corrected chi connectivity index (χ3v) is 3.54. The molecule has 1 nitrogen and oxygen atoms in total. The van der Waals surface area contributed by atoms with Gasteiger partial charge in [0.15, 0.2) is 5.78 Å². The van der Waals surface area contributed by atoms with Gasteiger partial charge in [-0.25, -0.2) is 0 Å². The van der Waals surface area contributed by atoms with E-state index < -0.39 is 0 Å². The molecule has 2 aromatic rings. The first kappa shape index (κ1) is 14.3. The largest absolute Gasteiger partial charge is 0.294 e. The van der Waals surface area contributed by atoms with Crippen molar-refractivity contribution in [2.24, 2.45) is 0 Å². The molecule has 0 fully saturated rings. The van der Waals surface area contributed by atoms with Gasteiger partial charge in [-0.2, -0.15) is 0 Å². The molecule has 0 amide bonds. The highest BCUT2D eigenvalue weighted by molar-refractivity contribution is 5.95. The number of ketones is 1. The molecular formula is C19H20O. The van der Waals surface area contributed by atoms with Gasteiger partial charge < -0.3 is 0 Å². The molecule has 0 aliphatic carbocycles. The highest BCUT2D eigenvalue weighted by Crippen LogP contribution is 2.25. The summed E-state index contributed by atoms with van der Waals surface area (Å²) in [6, 6.07) is 19.9. The minimum absolute atomic E-state index is 0.218.